The van der Waals surface area contributed by atoms with E-state index in [9.17, 15) is 4.79 Å². The number of aromatic nitrogens is 1. The number of carbonyl (C=O) groups excluding carboxylic acids is 1. The van der Waals surface area contributed by atoms with Gasteiger partial charge in [-0.3, -0.25) is 4.79 Å². The van der Waals surface area contributed by atoms with Gasteiger partial charge in [-0.25, -0.2) is 0 Å². The Morgan fingerprint density at radius 2 is 1.71 bits per heavy atom. The van der Waals surface area contributed by atoms with E-state index in [1.165, 1.54) is 0 Å². The number of carbonyl (C=O) groups is 1. The zero-order valence-electron chi connectivity index (χ0n) is 13.8. The smallest absolute Gasteiger partial charge is 0.229 e. The van der Waals surface area contributed by atoms with Crippen molar-refractivity contribution in [1.82, 2.24) is 10.1 Å². The van der Waals surface area contributed by atoms with E-state index in [4.69, 9.17) is 4.52 Å². The lowest BCUT2D eigenvalue weighted by Crippen LogP contribution is -2.30. The number of rotatable bonds is 5. The number of nitrogens with zero attached hydrogens (tertiary/aromatic N) is 2. The normalized spacial score (nSPS) is 11.9. The Labute approximate surface area is 141 Å². The van der Waals surface area contributed by atoms with Crippen molar-refractivity contribution in [3.05, 3.63) is 78.1 Å². The maximum Gasteiger partial charge on any atom is 0.229 e. The highest BCUT2D eigenvalue weighted by molar-refractivity contribution is 5.83. The molecule has 0 spiro atoms. The maximum absolute atomic E-state index is 12.6. The molecular weight excluding hydrogens is 300 g/mol. The highest BCUT2D eigenvalue weighted by atomic mass is 16.5. The predicted molar refractivity (Wildman–Crippen MR) is 93.3 cm³/mol. The summed E-state index contributed by atoms with van der Waals surface area (Å²) >= 11 is 0. The lowest BCUT2D eigenvalue weighted by Gasteiger charge is -2.20. The maximum atomic E-state index is 12.6. The van der Waals surface area contributed by atoms with Crippen molar-refractivity contribution in [2.24, 2.45) is 0 Å². The monoisotopic (exact) mass is 320 g/mol. The van der Waals surface area contributed by atoms with Crippen LogP contribution in [-0.2, 0) is 11.3 Å². The van der Waals surface area contributed by atoms with E-state index in [1.54, 1.807) is 11.9 Å². The summed E-state index contributed by atoms with van der Waals surface area (Å²) in [4.78, 5) is 14.3. The summed E-state index contributed by atoms with van der Waals surface area (Å²) in [5.74, 6) is 0.538. The fourth-order valence-corrected chi connectivity index (χ4v) is 2.66. The highest BCUT2D eigenvalue weighted by Crippen LogP contribution is 2.21. The molecular formula is C20H20N2O2. The van der Waals surface area contributed by atoms with E-state index in [1.807, 2.05) is 73.7 Å². The van der Waals surface area contributed by atoms with Crippen LogP contribution in [0.2, 0.25) is 0 Å². The lowest BCUT2D eigenvalue weighted by molar-refractivity contribution is -0.131. The molecule has 0 radical (unpaired) electrons. The lowest BCUT2D eigenvalue weighted by atomic mass is 10.00. The Morgan fingerprint density at radius 3 is 2.38 bits per heavy atom. The molecule has 1 atom stereocenters. The van der Waals surface area contributed by atoms with Crippen molar-refractivity contribution in [1.29, 1.82) is 0 Å². The number of likely N-dealkylation sites (N-methyl/N-ethyl adjacent to an activating group) is 1. The van der Waals surface area contributed by atoms with E-state index < -0.39 is 0 Å². The molecule has 0 fully saturated rings. The Hall–Kier alpha value is -2.88. The molecule has 0 bridgehead atoms. The second-order valence-corrected chi connectivity index (χ2v) is 5.87. The second kappa shape index (κ2) is 7.13. The van der Waals surface area contributed by atoms with Crippen LogP contribution in [0.3, 0.4) is 0 Å². The molecule has 24 heavy (non-hydrogen) atoms. The Morgan fingerprint density at radius 1 is 1.08 bits per heavy atom. The van der Waals surface area contributed by atoms with Crippen molar-refractivity contribution < 1.29 is 9.32 Å². The van der Waals surface area contributed by atoms with Gasteiger partial charge in [0.25, 0.3) is 0 Å². The molecule has 0 aliphatic rings. The third-order valence-corrected chi connectivity index (χ3v) is 4.07. The van der Waals surface area contributed by atoms with E-state index in [0.717, 1.165) is 16.8 Å². The molecule has 0 aliphatic heterocycles. The van der Waals surface area contributed by atoms with Gasteiger partial charge in [-0.05, 0) is 12.5 Å². The standard InChI is InChI=1S/C20H20N2O2/c1-15(16-9-5-3-6-10-16)20(23)22(2)14-18-13-19(21-24-18)17-11-7-4-8-12-17/h3-13,15H,14H2,1-2H3/t15-/m1/s1. The third-order valence-electron chi connectivity index (χ3n) is 4.07. The van der Waals surface area contributed by atoms with Gasteiger partial charge < -0.3 is 9.42 Å². The van der Waals surface area contributed by atoms with Crippen LogP contribution >= 0.6 is 0 Å². The molecule has 1 aromatic heterocycles. The molecule has 3 rings (SSSR count). The SMILES string of the molecule is C[C@@H](C(=O)N(C)Cc1cc(-c2ccccc2)no1)c1ccccc1. The van der Waals surface area contributed by atoms with Gasteiger partial charge in [-0.1, -0.05) is 65.8 Å². The molecule has 3 aromatic rings. The first kappa shape index (κ1) is 16.0. The van der Waals surface area contributed by atoms with Crippen molar-refractivity contribution in [3.63, 3.8) is 0 Å². The van der Waals surface area contributed by atoms with Gasteiger partial charge in [0.1, 0.15) is 5.69 Å². The van der Waals surface area contributed by atoms with Gasteiger partial charge in [0, 0.05) is 18.7 Å². The van der Waals surface area contributed by atoms with Crippen LogP contribution in [0, 0.1) is 0 Å². The Kier molecular flexibility index (Phi) is 4.75. The van der Waals surface area contributed by atoms with Gasteiger partial charge in [-0.15, -0.1) is 0 Å². The predicted octanol–water partition coefficient (Wildman–Crippen LogP) is 4.10. The summed E-state index contributed by atoms with van der Waals surface area (Å²) in [6, 6.07) is 21.5. The topological polar surface area (TPSA) is 46.3 Å². The van der Waals surface area contributed by atoms with Crippen LogP contribution in [0.25, 0.3) is 11.3 Å². The van der Waals surface area contributed by atoms with Crippen LogP contribution in [0.1, 0.15) is 24.2 Å². The number of benzene rings is 2. The summed E-state index contributed by atoms with van der Waals surface area (Å²) < 4.78 is 5.38. The first-order valence-corrected chi connectivity index (χ1v) is 7.96. The Bertz CT molecular complexity index is 797. The summed E-state index contributed by atoms with van der Waals surface area (Å²) in [7, 11) is 1.78. The van der Waals surface area contributed by atoms with Crippen LogP contribution in [0.4, 0.5) is 0 Å². The molecule has 0 saturated carbocycles. The average molecular weight is 320 g/mol. The first-order chi connectivity index (χ1) is 11.6. The van der Waals surface area contributed by atoms with E-state index in [-0.39, 0.29) is 11.8 Å². The largest absolute Gasteiger partial charge is 0.359 e. The molecule has 1 heterocycles. The number of hydrogen-bond donors (Lipinski definition) is 0. The minimum Gasteiger partial charge on any atom is -0.359 e. The summed E-state index contributed by atoms with van der Waals surface area (Å²) in [5.41, 5.74) is 2.79. The number of hydrogen-bond acceptors (Lipinski definition) is 3. The molecule has 0 unspecified atom stereocenters. The second-order valence-electron chi connectivity index (χ2n) is 5.87. The Balaban J connectivity index is 1.68. The number of amides is 1. The van der Waals surface area contributed by atoms with E-state index >= 15 is 0 Å². The summed E-state index contributed by atoms with van der Waals surface area (Å²) in [5, 5.41) is 4.09. The zero-order chi connectivity index (χ0) is 16.9. The molecule has 0 saturated heterocycles. The molecule has 1 amide bonds. The van der Waals surface area contributed by atoms with Crippen molar-refractivity contribution in [2.45, 2.75) is 19.4 Å². The third kappa shape index (κ3) is 3.54. The van der Waals surface area contributed by atoms with Crippen LogP contribution in [-0.4, -0.2) is 23.0 Å². The van der Waals surface area contributed by atoms with Gasteiger partial charge in [0.15, 0.2) is 5.76 Å². The fraction of sp³-hybridized carbons (Fsp3) is 0.200. The molecule has 2 aromatic carbocycles. The molecule has 4 heteroatoms. The molecule has 0 N–H and O–H groups in total. The summed E-state index contributed by atoms with van der Waals surface area (Å²) in [6.07, 6.45) is 0. The van der Waals surface area contributed by atoms with Gasteiger partial charge in [0.05, 0.1) is 12.5 Å². The van der Waals surface area contributed by atoms with Gasteiger partial charge in [0.2, 0.25) is 5.91 Å². The van der Waals surface area contributed by atoms with Gasteiger partial charge >= 0.3 is 0 Å². The van der Waals surface area contributed by atoms with E-state index in [0.29, 0.717) is 12.3 Å². The van der Waals surface area contributed by atoms with E-state index in [2.05, 4.69) is 5.16 Å². The molecule has 0 aliphatic carbocycles. The quantitative estimate of drug-likeness (QED) is 0.711. The van der Waals surface area contributed by atoms with Crippen LogP contribution < -0.4 is 0 Å². The molecule has 4 nitrogen and oxygen atoms in total. The minimum absolute atomic E-state index is 0.0545. The van der Waals surface area contributed by atoms with Gasteiger partial charge in [-0.2, -0.15) is 0 Å². The van der Waals surface area contributed by atoms with Crippen LogP contribution in [0.15, 0.2) is 71.3 Å². The average Bonchev–Trinajstić information content (AvgIpc) is 3.10. The van der Waals surface area contributed by atoms with Crippen molar-refractivity contribution in [3.8, 4) is 11.3 Å². The zero-order valence-corrected chi connectivity index (χ0v) is 13.8. The first-order valence-electron chi connectivity index (χ1n) is 7.96. The van der Waals surface area contributed by atoms with Crippen LogP contribution in [0.5, 0.6) is 0 Å². The van der Waals surface area contributed by atoms with Crippen molar-refractivity contribution in [2.75, 3.05) is 7.05 Å². The minimum atomic E-state index is -0.187. The fourth-order valence-electron chi connectivity index (χ4n) is 2.66. The van der Waals surface area contributed by atoms with Crippen molar-refractivity contribution >= 4 is 5.91 Å². The molecule has 122 valence electrons. The highest BCUT2D eigenvalue weighted by Gasteiger charge is 2.20. The summed E-state index contributed by atoms with van der Waals surface area (Å²) in [6.45, 7) is 2.32.